The van der Waals surface area contributed by atoms with Gasteiger partial charge in [-0.15, -0.1) is 0 Å². The fourth-order valence-corrected chi connectivity index (χ4v) is 11.4. The first-order valence-corrected chi connectivity index (χ1v) is 33.3. The average Bonchev–Trinajstić information content (AvgIpc) is 0.918. The minimum absolute atomic E-state index is 0. The number of aliphatic hydroxyl groups excluding tert-OH is 1. The lowest BCUT2D eigenvalue weighted by molar-refractivity contribution is -0.148. The first-order chi connectivity index (χ1) is 42.7. The van der Waals surface area contributed by atoms with E-state index < -0.39 is 23.1 Å². The van der Waals surface area contributed by atoms with Crippen molar-refractivity contribution in [1.82, 2.24) is 30.6 Å². The number of aliphatic carboxylic acids is 2. The number of anilines is 2. The van der Waals surface area contributed by atoms with E-state index in [4.69, 9.17) is 36.3 Å². The predicted octanol–water partition coefficient (Wildman–Crippen LogP) is 15.2. The van der Waals surface area contributed by atoms with Crippen LogP contribution in [0.15, 0.2) is 78.9 Å². The number of para-hydroxylation sites is 2. The summed E-state index contributed by atoms with van der Waals surface area (Å²) >= 11 is 0. The third-order valence-corrected chi connectivity index (χ3v) is 16.7. The number of alkyl carbamates (subject to hydrolysis) is 2. The molecular weight excluding hydrogens is 1150 g/mol. The smallest absolute Gasteiger partial charge is 0.407 e. The Bertz CT molecular complexity index is 2850. The number of aryl methyl sites for hydroxylation is 2. The van der Waals surface area contributed by atoms with Gasteiger partial charge in [0.05, 0.1) is 40.9 Å². The number of hydrogen-bond donors (Lipinski definition) is 9. The predicted molar refractivity (Wildman–Crippen MR) is 369 cm³/mol. The van der Waals surface area contributed by atoms with Crippen molar-refractivity contribution < 1.29 is 44.0 Å². The topological polar surface area (TPSA) is 299 Å². The maximum absolute atomic E-state index is 11.9. The number of carboxylic acid groups (broad SMARTS) is 2. The second kappa shape index (κ2) is 40.3. The monoisotopic (exact) mass is 1260 g/mol. The van der Waals surface area contributed by atoms with Crippen LogP contribution in [0.4, 0.5) is 21.5 Å². The van der Waals surface area contributed by atoms with Crippen molar-refractivity contribution in [1.29, 1.82) is 0 Å². The third kappa shape index (κ3) is 31.0. The summed E-state index contributed by atoms with van der Waals surface area (Å²) in [5.41, 5.74) is 15.8. The van der Waals surface area contributed by atoms with Gasteiger partial charge < -0.3 is 57.5 Å². The zero-order chi connectivity index (χ0) is 66.4. The van der Waals surface area contributed by atoms with Gasteiger partial charge in [-0.1, -0.05) is 128 Å². The second-order valence-electron chi connectivity index (χ2n) is 26.9. The number of rotatable bonds is 9. The molecule has 91 heavy (non-hydrogen) atoms. The molecule has 508 valence electrons. The molecule has 0 spiro atoms. The average molecular weight is 1270 g/mol. The summed E-state index contributed by atoms with van der Waals surface area (Å²) in [6.07, 6.45) is 19.3. The van der Waals surface area contributed by atoms with E-state index in [0.29, 0.717) is 55.8 Å². The van der Waals surface area contributed by atoms with E-state index in [2.05, 4.69) is 61.1 Å². The van der Waals surface area contributed by atoms with E-state index in [1.54, 1.807) is 0 Å². The fourth-order valence-electron chi connectivity index (χ4n) is 11.4. The Labute approximate surface area is 544 Å². The van der Waals surface area contributed by atoms with Crippen LogP contribution in [0.5, 0.6) is 0 Å². The Morgan fingerprint density at radius 3 is 1.10 bits per heavy atom. The highest BCUT2D eigenvalue weighted by atomic mass is 16.6. The number of nitrogens with two attached hydrogens (primary N) is 2. The Hall–Kier alpha value is -6.70. The van der Waals surface area contributed by atoms with Gasteiger partial charge in [0.2, 0.25) is 11.9 Å². The number of fused-ring (bicyclic) bond motifs is 2. The number of carbonyl (C=O) groups excluding carboxylic acids is 2. The molecular formula is C72H116N10O9. The molecule has 5 aliphatic rings. The molecule has 5 saturated carbocycles. The summed E-state index contributed by atoms with van der Waals surface area (Å²) in [5.74, 6) is 1.25. The van der Waals surface area contributed by atoms with Crippen molar-refractivity contribution in [3.8, 4) is 0 Å². The molecule has 2 amide bonds. The third-order valence-electron chi connectivity index (χ3n) is 16.7. The Balaban J connectivity index is 0.000000297. The Morgan fingerprint density at radius 2 is 0.780 bits per heavy atom. The number of aromatic nitrogens is 4. The second-order valence-corrected chi connectivity index (χ2v) is 26.9. The first kappa shape index (κ1) is 78.5. The molecule has 19 nitrogen and oxygen atoms in total. The van der Waals surface area contributed by atoms with Crippen molar-refractivity contribution in [3.63, 3.8) is 0 Å². The van der Waals surface area contributed by atoms with Gasteiger partial charge in [-0.3, -0.25) is 9.59 Å². The highest BCUT2D eigenvalue weighted by molar-refractivity contribution is 5.82. The van der Waals surface area contributed by atoms with Gasteiger partial charge in [0, 0.05) is 47.0 Å². The normalized spacial score (nSPS) is 23.5. The molecule has 0 unspecified atom stereocenters. The molecule has 3 aromatic carbocycles. The van der Waals surface area contributed by atoms with Crippen LogP contribution in [0.2, 0.25) is 0 Å². The van der Waals surface area contributed by atoms with E-state index in [0.717, 1.165) is 134 Å². The molecule has 0 saturated heterocycles. The Kier molecular flexibility index (Phi) is 34.8. The van der Waals surface area contributed by atoms with Crippen molar-refractivity contribution in [3.05, 3.63) is 95.8 Å². The SMILES string of the molecule is C.CC.CC(C)(C)OC(=O)NC1CCC(N)CC1.CC1CCC(C)CC1.Cc1nc(NC2CCC(N)CC2)nc2ccccc12.Cc1nc(NC2CCC(NC(=O)OC(C)(C)C)CC2)nc2ccccc12.O=C(O)C1CCC(C(=O)O)CC1.OCc1ccccc1. The fraction of sp³-hybridized carbons (Fsp3) is 0.639. The van der Waals surface area contributed by atoms with E-state index >= 15 is 0 Å². The van der Waals surface area contributed by atoms with Crippen molar-refractivity contribution >= 4 is 57.8 Å². The number of nitrogens with zero attached hydrogens (tertiary/aromatic N) is 4. The summed E-state index contributed by atoms with van der Waals surface area (Å²) in [6.45, 7) is 24.1. The highest BCUT2D eigenvalue weighted by Gasteiger charge is 2.30. The molecule has 5 aromatic rings. The van der Waals surface area contributed by atoms with Gasteiger partial charge >= 0.3 is 24.1 Å². The largest absolute Gasteiger partial charge is 0.481 e. The quantitative estimate of drug-likeness (QED) is 0.0662. The molecule has 2 heterocycles. The van der Waals surface area contributed by atoms with Crippen LogP contribution >= 0.6 is 0 Å². The molecule has 10 rings (SSSR count). The molecule has 0 bridgehead atoms. The minimum Gasteiger partial charge on any atom is -0.481 e. The highest BCUT2D eigenvalue weighted by Crippen LogP contribution is 2.30. The molecule has 0 aliphatic heterocycles. The van der Waals surface area contributed by atoms with Gasteiger partial charge in [0.1, 0.15) is 11.2 Å². The molecule has 2 aromatic heterocycles. The molecule has 11 N–H and O–H groups in total. The van der Waals surface area contributed by atoms with Gasteiger partial charge in [-0.05, 0) is 188 Å². The zero-order valence-corrected chi connectivity index (χ0v) is 56.4. The van der Waals surface area contributed by atoms with Crippen molar-refractivity contribution in [2.45, 2.75) is 273 Å². The summed E-state index contributed by atoms with van der Waals surface area (Å²) in [4.78, 5) is 62.7. The summed E-state index contributed by atoms with van der Waals surface area (Å²) in [5, 5.41) is 40.7. The van der Waals surface area contributed by atoms with Crippen molar-refractivity contribution in [2.75, 3.05) is 10.6 Å². The molecule has 5 fully saturated rings. The van der Waals surface area contributed by atoms with Crippen LogP contribution in [0.25, 0.3) is 21.8 Å². The van der Waals surface area contributed by atoms with Crippen LogP contribution in [0.1, 0.15) is 222 Å². The summed E-state index contributed by atoms with van der Waals surface area (Å²) in [7, 11) is 0. The number of carbonyl (C=O) groups is 4. The van der Waals surface area contributed by atoms with Gasteiger partial charge in [0.25, 0.3) is 0 Å². The van der Waals surface area contributed by atoms with Crippen LogP contribution in [0, 0.1) is 37.5 Å². The summed E-state index contributed by atoms with van der Waals surface area (Å²) < 4.78 is 10.5. The van der Waals surface area contributed by atoms with Crippen LogP contribution in [-0.4, -0.2) is 107 Å². The van der Waals surface area contributed by atoms with Crippen molar-refractivity contribution in [2.24, 2.45) is 35.1 Å². The number of carboxylic acids is 2. The zero-order valence-electron chi connectivity index (χ0n) is 56.4. The molecule has 0 radical (unpaired) electrons. The van der Waals surface area contributed by atoms with Gasteiger partial charge in [-0.25, -0.2) is 29.5 Å². The lowest BCUT2D eigenvalue weighted by Crippen LogP contribution is -2.42. The van der Waals surface area contributed by atoms with E-state index in [1.165, 1.54) is 25.7 Å². The van der Waals surface area contributed by atoms with E-state index in [1.807, 2.05) is 142 Å². The standard InChI is InChI=1S/C20H28N4O2.C15H20N4.C11H22N2O2.C8H12O4.C8H16.C7H8O.C2H6.CH4/c1-13-16-7-5-6-8-17(16)24-18(21-13)22-14-9-11-15(12-10-14)23-19(25)26-20(2,3)4;1-10-13-4-2-3-5-14(13)19-15(17-10)18-12-8-6-11(16)7-9-12;1-11(2,3)15-10(14)13-9-6-4-8(12)5-7-9;9-7(10)5-1-2-6(4-3-5)8(11)12;1-7-3-5-8(2)6-4-7;8-6-7-4-2-1-3-5-7;1-2;/h5-8,14-15H,9-12H2,1-4H3,(H,23,25)(H,21,22,24);2-5,11-12H,6-9,16H2,1H3,(H,17,18,19);8-9H,4-7,12H2,1-3H3,(H,13,14);5-6H,1-4H2,(H,9,10)(H,11,12);7-8H,3-6H2,1-2H3;1-5,8H,6H2;1-2H3;1H4. The number of amides is 2. The number of nitrogens with one attached hydrogen (secondary N) is 4. The first-order valence-electron chi connectivity index (χ1n) is 33.3. The maximum Gasteiger partial charge on any atom is 0.407 e. The van der Waals surface area contributed by atoms with E-state index in [-0.39, 0.29) is 50.1 Å². The van der Waals surface area contributed by atoms with E-state index in [9.17, 15) is 19.2 Å². The van der Waals surface area contributed by atoms with Crippen LogP contribution in [-0.2, 0) is 25.7 Å². The van der Waals surface area contributed by atoms with Crippen LogP contribution < -0.4 is 32.7 Å². The minimum atomic E-state index is -0.793. The molecule has 5 aliphatic carbocycles. The van der Waals surface area contributed by atoms with Gasteiger partial charge in [-0.2, -0.15) is 0 Å². The molecule has 19 heteroatoms. The maximum atomic E-state index is 11.9. The lowest BCUT2D eigenvalue weighted by Gasteiger charge is -2.30. The number of ether oxygens (including phenoxy) is 2. The molecule has 0 atom stereocenters. The number of aliphatic hydroxyl groups is 1. The van der Waals surface area contributed by atoms with Gasteiger partial charge in [0.15, 0.2) is 0 Å². The summed E-state index contributed by atoms with van der Waals surface area (Å²) in [6, 6.07) is 27.6. The number of benzene rings is 3. The lowest BCUT2D eigenvalue weighted by atomic mass is 9.82. The number of hydrogen-bond acceptors (Lipinski definition) is 15. The Morgan fingerprint density at radius 1 is 0.473 bits per heavy atom. The van der Waals surface area contributed by atoms with Crippen LogP contribution in [0.3, 0.4) is 0 Å².